The minimum absolute atomic E-state index is 0.0310. The van der Waals surface area contributed by atoms with Crippen LogP contribution in [0.2, 0.25) is 5.02 Å². The van der Waals surface area contributed by atoms with Gasteiger partial charge in [0.2, 0.25) is 0 Å². The second kappa shape index (κ2) is 5.51. The van der Waals surface area contributed by atoms with Crippen molar-refractivity contribution in [3.63, 3.8) is 0 Å². The lowest BCUT2D eigenvalue weighted by atomic mass is 10.1. The van der Waals surface area contributed by atoms with Gasteiger partial charge in [-0.1, -0.05) is 17.7 Å². The number of benzene rings is 2. The van der Waals surface area contributed by atoms with Crippen LogP contribution in [0, 0.1) is 11.3 Å². The van der Waals surface area contributed by atoms with Crippen LogP contribution in [0.5, 0.6) is 5.75 Å². The van der Waals surface area contributed by atoms with Gasteiger partial charge in [0, 0.05) is 0 Å². The molecule has 0 atom stereocenters. The molecule has 0 spiro atoms. The highest BCUT2D eigenvalue weighted by Gasteiger charge is 2.14. The van der Waals surface area contributed by atoms with E-state index in [0.29, 0.717) is 10.6 Å². The van der Waals surface area contributed by atoms with Gasteiger partial charge in [0.25, 0.3) is 5.91 Å². The first-order valence-corrected chi connectivity index (χ1v) is 5.99. The van der Waals surface area contributed by atoms with Crippen molar-refractivity contribution in [3.05, 3.63) is 52.5 Å². The molecule has 20 heavy (non-hydrogen) atoms. The van der Waals surface area contributed by atoms with Crippen molar-refractivity contribution < 1.29 is 9.90 Å². The van der Waals surface area contributed by atoms with E-state index < -0.39 is 5.91 Å². The van der Waals surface area contributed by atoms with E-state index in [1.165, 1.54) is 30.3 Å². The maximum absolute atomic E-state index is 12.1. The van der Waals surface area contributed by atoms with E-state index in [-0.39, 0.29) is 22.7 Å². The smallest absolute Gasteiger partial charge is 0.259 e. The van der Waals surface area contributed by atoms with Crippen molar-refractivity contribution in [1.29, 1.82) is 5.26 Å². The third kappa shape index (κ3) is 2.66. The zero-order valence-electron chi connectivity index (χ0n) is 10.2. The maximum atomic E-state index is 12.1. The quantitative estimate of drug-likeness (QED) is 0.584. The predicted octanol–water partition coefficient (Wildman–Crippen LogP) is 2.75. The number of anilines is 2. The van der Waals surface area contributed by atoms with Gasteiger partial charge in [0.15, 0.2) is 5.75 Å². The lowest BCUT2D eigenvalue weighted by Crippen LogP contribution is -2.13. The number of para-hydroxylation sites is 1. The van der Waals surface area contributed by atoms with Crippen LogP contribution in [-0.4, -0.2) is 11.0 Å². The molecule has 0 aliphatic rings. The van der Waals surface area contributed by atoms with E-state index in [4.69, 9.17) is 22.6 Å². The highest BCUT2D eigenvalue weighted by Crippen LogP contribution is 2.27. The van der Waals surface area contributed by atoms with Gasteiger partial charge in [-0.2, -0.15) is 5.26 Å². The van der Waals surface area contributed by atoms with Gasteiger partial charge in [-0.25, -0.2) is 0 Å². The Balaban J connectivity index is 2.33. The number of carbonyl (C=O) groups excluding carboxylic acids is 1. The topological polar surface area (TPSA) is 99.1 Å². The fraction of sp³-hybridized carbons (Fsp3) is 0. The number of carbonyl (C=O) groups is 1. The number of aromatic hydroxyl groups is 1. The Kier molecular flexibility index (Phi) is 3.78. The van der Waals surface area contributed by atoms with Gasteiger partial charge in [0.05, 0.1) is 33.6 Å². The van der Waals surface area contributed by atoms with E-state index in [2.05, 4.69) is 5.32 Å². The lowest BCUT2D eigenvalue weighted by molar-refractivity contribution is 0.102. The number of nitrogens with one attached hydrogen (secondary N) is 1. The SMILES string of the molecule is N#Cc1ccc(Cl)c(NC(=O)c2cccc(N)c2O)c1. The summed E-state index contributed by atoms with van der Waals surface area (Å²) in [7, 11) is 0. The fourth-order valence-corrected chi connectivity index (χ4v) is 1.79. The molecule has 0 heterocycles. The highest BCUT2D eigenvalue weighted by molar-refractivity contribution is 6.34. The van der Waals surface area contributed by atoms with E-state index in [0.717, 1.165) is 0 Å². The van der Waals surface area contributed by atoms with Crippen LogP contribution in [0.15, 0.2) is 36.4 Å². The molecule has 0 aromatic heterocycles. The van der Waals surface area contributed by atoms with Gasteiger partial charge < -0.3 is 16.2 Å². The molecule has 100 valence electrons. The average molecular weight is 288 g/mol. The summed E-state index contributed by atoms with van der Waals surface area (Å²) >= 11 is 5.94. The number of nitrogens with zero attached hydrogens (tertiary/aromatic N) is 1. The first-order chi connectivity index (χ1) is 9.52. The Morgan fingerprint density at radius 3 is 2.80 bits per heavy atom. The van der Waals surface area contributed by atoms with E-state index in [1.54, 1.807) is 6.07 Å². The Bertz CT molecular complexity index is 723. The molecule has 2 aromatic rings. The minimum atomic E-state index is -0.563. The molecule has 2 aromatic carbocycles. The number of halogens is 1. The summed E-state index contributed by atoms with van der Waals surface area (Å²) in [5.74, 6) is -0.857. The maximum Gasteiger partial charge on any atom is 0.259 e. The van der Waals surface area contributed by atoms with E-state index >= 15 is 0 Å². The number of nitriles is 1. The molecule has 0 unspecified atom stereocenters. The van der Waals surface area contributed by atoms with Crippen LogP contribution in [-0.2, 0) is 0 Å². The Morgan fingerprint density at radius 1 is 1.35 bits per heavy atom. The van der Waals surface area contributed by atoms with Gasteiger partial charge in [-0.15, -0.1) is 0 Å². The second-order valence-corrected chi connectivity index (χ2v) is 4.41. The lowest BCUT2D eigenvalue weighted by Gasteiger charge is -2.09. The molecular formula is C14H10ClN3O2. The second-order valence-electron chi connectivity index (χ2n) is 4.00. The van der Waals surface area contributed by atoms with Crippen molar-refractivity contribution in [2.45, 2.75) is 0 Å². The molecule has 0 saturated heterocycles. The molecule has 0 saturated carbocycles. The monoisotopic (exact) mass is 287 g/mol. The summed E-state index contributed by atoms with van der Waals surface area (Å²) in [6, 6.07) is 10.9. The van der Waals surface area contributed by atoms with Crippen LogP contribution in [0.25, 0.3) is 0 Å². The van der Waals surface area contributed by atoms with Crippen molar-refractivity contribution in [2.75, 3.05) is 11.1 Å². The summed E-state index contributed by atoms with van der Waals surface area (Å²) in [4.78, 5) is 12.1. The number of hydrogen-bond acceptors (Lipinski definition) is 4. The van der Waals surface area contributed by atoms with Crippen LogP contribution in [0.3, 0.4) is 0 Å². The molecule has 0 radical (unpaired) electrons. The van der Waals surface area contributed by atoms with Crippen LogP contribution < -0.4 is 11.1 Å². The average Bonchev–Trinajstić information content (AvgIpc) is 2.44. The largest absolute Gasteiger partial charge is 0.505 e. The normalized spacial score (nSPS) is 9.80. The predicted molar refractivity (Wildman–Crippen MR) is 76.6 cm³/mol. The van der Waals surface area contributed by atoms with Crippen molar-refractivity contribution in [1.82, 2.24) is 0 Å². The first-order valence-electron chi connectivity index (χ1n) is 5.61. The summed E-state index contributed by atoms with van der Waals surface area (Å²) in [6.45, 7) is 0. The highest BCUT2D eigenvalue weighted by atomic mass is 35.5. The minimum Gasteiger partial charge on any atom is -0.505 e. The summed E-state index contributed by atoms with van der Waals surface area (Å²) < 4.78 is 0. The molecule has 1 amide bonds. The first kappa shape index (κ1) is 13.7. The van der Waals surface area contributed by atoms with Gasteiger partial charge >= 0.3 is 0 Å². The third-order valence-electron chi connectivity index (χ3n) is 2.66. The Hall–Kier alpha value is -2.71. The van der Waals surface area contributed by atoms with Crippen molar-refractivity contribution >= 4 is 28.9 Å². The molecule has 0 bridgehead atoms. The van der Waals surface area contributed by atoms with Crippen molar-refractivity contribution in [2.24, 2.45) is 0 Å². The zero-order valence-corrected chi connectivity index (χ0v) is 11.0. The standard InChI is InChI=1S/C14H10ClN3O2/c15-10-5-4-8(7-16)6-12(10)18-14(20)9-2-1-3-11(17)13(9)19/h1-6,19H,17H2,(H,18,20). The van der Waals surface area contributed by atoms with Crippen LogP contribution >= 0.6 is 11.6 Å². The number of nitrogens with two attached hydrogens (primary N) is 1. The molecular weight excluding hydrogens is 278 g/mol. The molecule has 0 fully saturated rings. The number of nitrogen functional groups attached to an aromatic ring is 1. The van der Waals surface area contributed by atoms with E-state index in [9.17, 15) is 9.90 Å². The third-order valence-corrected chi connectivity index (χ3v) is 2.99. The van der Waals surface area contributed by atoms with Gasteiger partial charge in [-0.3, -0.25) is 4.79 Å². The molecule has 6 heteroatoms. The number of phenolic OH excluding ortho intramolecular Hbond substituents is 1. The molecule has 0 aliphatic heterocycles. The summed E-state index contributed by atoms with van der Waals surface area (Å²) in [6.07, 6.45) is 0. The molecule has 4 N–H and O–H groups in total. The zero-order chi connectivity index (χ0) is 14.7. The number of hydrogen-bond donors (Lipinski definition) is 3. The van der Waals surface area contributed by atoms with Crippen LogP contribution in [0.1, 0.15) is 15.9 Å². The number of phenols is 1. The fourth-order valence-electron chi connectivity index (χ4n) is 1.62. The summed E-state index contributed by atoms with van der Waals surface area (Å²) in [5, 5.41) is 21.4. The van der Waals surface area contributed by atoms with Crippen molar-refractivity contribution in [3.8, 4) is 11.8 Å². The van der Waals surface area contributed by atoms with Crippen LogP contribution in [0.4, 0.5) is 11.4 Å². The molecule has 5 nitrogen and oxygen atoms in total. The van der Waals surface area contributed by atoms with Gasteiger partial charge in [-0.05, 0) is 30.3 Å². The molecule has 0 aliphatic carbocycles. The molecule has 2 rings (SSSR count). The Morgan fingerprint density at radius 2 is 2.10 bits per heavy atom. The van der Waals surface area contributed by atoms with E-state index in [1.807, 2.05) is 6.07 Å². The summed E-state index contributed by atoms with van der Waals surface area (Å²) in [5.41, 5.74) is 6.32. The Labute approximate surface area is 120 Å². The van der Waals surface area contributed by atoms with Gasteiger partial charge in [0.1, 0.15) is 0 Å². The number of amides is 1. The number of rotatable bonds is 2.